The molecule has 4 aliphatic rings. The van der Waals surface area contributed by atoms with Gasteiger partial charge >= 0.3 is 18.0 Å². The summed E-state index contributed by atoms with van der Waals surface area (Å²) in [5, 5.41) is 73.5. The lowest BCUT2D eigenvalue weighted by Gasteiger charge is -2.36. The highest BCUT2D eigenvalue weighted by molar-refractivity contribution is 7.80. The summed E-state index contributed by atoms with van der Waals surface area (Å²) in [7, 11) is 4.54. The van der Waals surface area contributed by atoms with Gasteiger partial charge in [-0.2, -0.15) is 0 Å². The maximum absolute atomic E-state index is 15.3. The van der Waals surface area contributed by atoms with Crippen LogP contribution in [-0.4, -0.2) is 177 Å². The van der Waals surface area contributed by atoms with Gasteiger partial charge in [0, 0.05) is 110 Å². The van der Waals surface area contributed by atoms with Crippen LogP contribution in [0.5, 0.6) is 51.7 Å². The van der Waals surface area contributed by atoms with E-state index in [1.54, 1.807) is 72.8 Å². The van der Waals surface area contributed by atoms with Gasteiger partial charge in [0.05, 0.1) is 50.7 Å². The van der Waals surface area contributed by atoms with Crippen molar-refractivity contribution in [3.63, 3.8) is 0 Å². The van der Waals surface area contributed by atoms with Crippen molar-refractivity contribution in [2.45, 2.75) is 178 Å². The van der Waals surface area contributed by atoms with Crippen molar-refractivity contribution in [1.29, 1.82) is 0 Å². The third-order valence-corrected chi connectivity index (χ3v) is 24.6. The number of ketones is 3. The molecule has 12 rings (SSSR count). The number of amides is 8. The van der Waals surface area contributed by atoms with Crippen LogP contribution in [-0.2, 0) is 84.0 Å². The molecule has 8 amide bonds. The Bertz CT molecular complexity index is 5750. The standard InChI is InChI=1S/C99H110N10O23S/c1-54(2)44-77(81(116)48-61(46-58-19-26-64(111)27-20-58)92(122)106-75-35-30-67-68(53-82(75)117)55(3)16-22-59-49-85(128-4)90(129-5)91(130-6)89(59)67)108-93(123)60(45-57-17-24-63(110)25-18-57)47-80(115)74(34-21-56-12-8-7-9-13-56)104-86(118)38-37-79(114)73(14-10-41-101-97(100)127)107-94(124)78-15-11-43-109(78)95(125)76(36-39-88(120)121)105-87(119)40-42-102-98(133)103-62-23-31-70-69(50-62)96(126)132-99(70)71-32-28-65(112)51-83(71)131-84-52-66(113)29-33-72(84)99/h7-9,12-13,17-20,23-33,35,49-55,60-61,73-74,76-78,110-113H,10-11,14-16,21-22,34,36-48H2,1-6H3,(H,104,118)(H,105,119)(H,107,124)(H,108,123)(H,120,121)(H3,100,101,127)(H2,102,103,133)(H,106,117,122)/t55-,60+,61+,73-,74-,76-,77-,78-/m0/s1. The summed E-state index contributed by atoms with van der Waals surface area (Å²) in [6.07, 6.45) is -1.52. The van der Waals surface area contributed by atoms with Crippen LogP contribution in [0.4, 0.5) is 16.2 Å². The zero-order chi connectivity index (χ0) is 95.5. The van der Waals surface area contributed by atoms with Crippen LogP contribution in [0.1, 0.15) is 171 Å². The molecule has 8 aromatic rings. The number of hydrogen-bond donors (Lipinski definition) is 14. The number of aromatic hydroxyl groups is 4. The Morgan fingerprint density at radius 1 is 0.571 bits per heavy atom. The Morgan fingerprint density at radius 3 is 1.80 bits per heavy atom. The highest BCUT2D eigenvalue weighted by atomic mass is 32.1. The van der Waals surface area contributed by atoms with Crippen molar-refractivity contribution in [3.8, 4) is 62.9 Å². The minimum absolute atomic E-state index is 0.00211. The number of carbonyl (C=O) groups is 12. The second kappa shape index (κ2) is 44.4. The van der Waals surface area contributed by atoms with E-state index in [4.69, 9.17) is 41.6 Å². The summed E-state index contributed by atoms with van der Waals surface area (Å²) >= 11 is 5.57. The number of carboxylic acid groups (broad SMARTS) is 1. The SMILES string of the molecule is COc1cc2c(c(OC)c1OC)-c1ccc(NC(=O)[C@@H](CC(=O)[C@H](CC(C)C)NC(=O)[C@@H](CC(=O)[C@H](CCc3ccccc3)NC(=O)CCC(=O)[C@H](CCCNC(N)=O)NC(=O)[C@@H]3CCCN3C(=O)[C@H](CCC(=O)O)NC(=O)CCNC(=S)Nc3ccc4c(c3)C(=O)OC43c4ccc(O)cc4Oc4cc(O)ccc43)Cc3ccc(O)cc3)Cc3ccc(O)cc3)c(=O)cc1[C@@H](C)CC2. The number of benzene rings is 7. The molecule has 1 aliphatic carbocycles. The Morgan fingerprint density at radius 2 is 1.18 bits per heavy atom. The van der Waals surface area contributed by atoms with E-state index in [1.807, 2.05) is 39.0 Å². The van der Waals surface area contributed by atoms with E-state index in [1.165, 1.54) is 93.0 Å². The van der Waals surface area contributed by atoms with Gasteiger partial charge in [-0.25, -0.2) is 9.59 Å². The number of nitrogens with zero attached hydrogens (tertiary/aromatic N) is 1. The third kappa shape index (κ3) is 24.4. The Kier molecular flexibility index (Phi) is 32.6. The molecule has 3 aliphatic heterocycles. The molecule has 1 fully saturated rings. The van der Waals surface area contributed by atoms with E-state index in [9.17, 15) is 73.5 Å². The fourth-order valence-electron chi connectivity index (χ4n) is 17.6. The van der Waals surface area contributed by atoms with E-state index in [0.29, 0.717) is 80.3 Å². The molecule has 0 radical (unpaired) electrons. The van der Waals surface area contributed by atoms with Gasteiger partial charge in [0.1, 0.15) is 46.6 Å². The van der Waals surface area contributed by atoms with Crippen molar-refractivity contribution in [2.75, 3.05) is 51.6 Å². The van der Waals surface area contributed by atoms with Crippen molar-refractivity contribution >= 4 is 99.5 Å². The lowest BCUT2D eigenvalue weighted by atomic mass is 9.77. The molecule has 15 N–H and O–H groups in total. The van der Waals surface area contributed by atoms with Crippen LogP contribution < -0.4 is 72.6 Å². The number of primary amides is 1. The van der Waals surface area contributed by atoms with Crippen LogP contribution in [0.25, 0.3) is 11.1 Å². The highest BCUT2D eigenvalue weighted by Crippen LogP contribution is 2.58. The average molecular weight is 1840 g/mol. The molecule has 0 aromatic heterocycles. The van der Waals surface area contributed by atoms with Gasteiger partial charge in [0.2, 0.25) is 46.6 Å². The van der Waals surface area contributed by atoms with Gasteiger partial charge < -0.3 is 102 Å². The summed E-state index contributed by atoms with van der Waals surface area (Å²) in [6, 6.07) is 33.8. The smallest absolute Gasteiger partial charge is 0.340 e. The summed E-state index contributed by atoms with van der Waals surface area (Å²) in [5.74, 6) is -9.80. The second-order valence-corrected chi connectivity index (χ2v) is 34.6. The number of esters is 1. The number of anilines is 2. The third-order valence-electron chi connectivity index (χ3n) is 24.3. The molecular formula is C99H110N10O23S. The largest absolute Gasteiger partial charge is 0.508 e. The zero-order valence-corrected chi connectivity index (χ0v) is 75.4. The van der Waals surface area contributed by atoms with Crippen molar-refractivity contribution in [1.82, 2.24) is 36.8 Å². The molecule has 133 heavy (non-hydrogen) atoms. The van der Waals surface area contributed by atoms with Crippen molar-refractivity contribution in [2.24, 2.45) is 23.5 Å². The van der Waals surface area contributed by atoms with Gasteiger partial charge in [-0.3, -0.25) is 52.7 Å². The molecule has 3 heterocycles. The van der Waals surface area contributed by atoms with Crippen LogP contribution in [0.2, 0.25) is 0 Å². The van der Waals surface area contributed by atoms with Gasteiger partial charge in [0.15, 0.2) is 39.6 Å². The number of phenolic OH excluding ortho intramolecular Hbond substituents is 4. The number of carbonyl (C=O) groups excluding carboxylic acids is 11. The monoisotopic (exact) mass is 1840 g/mol. The molecule has 8 atom stereocenters. The number of urea groups is 1. The number of Topliss-reactive ketones (excluding diaryl/α,β-unsaturated/α-hetero) is 3. The number of likely N-dealkylation sites (tertiary alicyclic amines) is 1. The Hall–Kier alpha value is -14.4. The predicted molar refractivity (Wildman–Crippen MR) is 494 cm³/mol. The number of methoxy groups -OCH3 is 3. The maximum atomic E-state index is 15.3. The van der Waals surface area contributed by atoms with E-state index in [2.05, 4.69) is 42.5 Å². The maximum Gasteiger partial charge on any atom is 0.340 e. The van der Waals surface area contributed by atoms with Gasteiger partial charge in [-0.05, 0) is 213 Å². The number of nitrogens with two attached hydrogens (primary N) is 1. The number of rotatable bonds is 42. The Labute approximate surface area is 773 Å². The average Bonchev–Trinajstić information content (AvgIpc) is 1.56. The van der Waals surface area contributed by atoms with Gasteiger partial charge in [0.25, 0.3) is 0 Å². The fourth-order valence-corrected chi connectivity index (χ4v) is 17.8. The van der Waals surface area contributed by atoms with Crippen molar-refractivity contribution < 1.29 is 107 Å². The molecule has 1 saturated heterocycles. The molecule has 8 aromatic carbocycles. The van der Waals surface area contributed by atoms with Crippen LogP contribution in [0.15, 0.2) is 163 Å². The zero-order valence-electron chi connectivity index (χ0n) is 74.6. The van der Waals surface area contributed by atoms with Gasteiger partial charge in [-0.1, -0.05) is 87.5 Å². The summed E-state index contributed by atoms with van der Waals surface area (Å²) in [4.78, 5) is 186. The first-order chi connectivity index (χ1) is 63.7. The van der Waals surface area contributed by atoms with E-state index >= 15 is 14.4 Å². The molecule has 0 unspecified atom stereocenters. The number of nitrogens with one attached hydrogen (secondary N) is 8. The quantitative estimate of drug-likeness (QED) is 0.00960. The normalized spacial score (nSPS) is 15.5. The fraction of sp³-hybridized carbons (Fsp3) is 0.374. The molecular weight excluding hydrogens is 1730 g/mol. The second-order valence-electron chi connectivity index (χ2n) is 34.2. The van der Waals surface area contributed by atoms with Crippen LogP contribution in [0, 0.1) is 17.8 Å². The summed E-state index contributed by atoms with van der Waals surface area (Å²) in [5.41, 5.74) is 9.85. The number of aryl methyl sites for hydroxylation is 2. The van der Waals surface area contributed by atoms with Crippen LogP contribution in [0.3, 0.4) is 0 Å². The highest BCUT2D eigenvalue weighted by Gasteiger charge is 2.54. The lowest BCUT2D eigenvalue weighted by molar-refractivity contribution is -0.143. The van der Waals surface area contributed by atoms with Gasteiger partial charge in [-0.15, -0.1) is 0 Å². The van der Waals surface area contributed by atoms with Crippen molar-refractivity contribution in [3.05, 3.63) is 218 Å². The lowest BCUT2D eigenvalue weighted by Crippen LogP contribution is -2.55. The number of thiocarbonyl (C=S) groups is 1. The Balaban J connectivity index is 0.703. The summed E-state index contributed by atoms with van der Waals surface area (Å²) in [6.45, 7) is 5.52. The summed E-state index contributed by atoms with van der Waals surface area (Å²) < 4.78 is 29.6. The van der Waals surface area contributed by atoms with Crippen LogP contribution >= 0.6 is 12.2 Å². The number of phenols is 4. The molecule has 0 saturated carbocycles. The van der Waals surface area contributed by atoms with E-state index in [-0.39, 0.29) is 153 Å². The molecule has 700 valence electrons. The number of fused-ring (bicyclic) bond motifs is 9. The topological polar surface area (TPSA) is 495 Å². The van der Waals surface area contributed by atoms with E-state index in [0.717, 1.165) is 11.1 Å². The number of ether oxygens (including phenoxy) is 5. The molecule has 1 spiro atoms. The molecule has 0 bridgehead atoms. The first-order valence-electron chi connectivity index (χ1n) is 44.2. The minimum Gasteiger partial charge on any atom is -0.508 e. The number of aliphatic carboxylic acids is 1. The number of carboxylic acids is 1. The first-order valence-corrected chi connectivity index (χ1v) is 44.6. The predicted octanol–water partition coefficient (Wildman–Crippen LogP) is 10.4. The first kappa shape index (κ1) is 97.6. The van der Waals surface area contributed by atoms with E-state index < -0.39 is 156 Å². The number of hydrogen-bond acceptors (Lipinski definition) is 23. The molecule has 33 nitrogen and oxygen atoms in total. The molecule has 34 heteroatoms. The minimum atomic E-state index is -1.52.